The van der Waals surface area contributed by atoms with Gasteiger partial charge in [-0.15, -0.1) is 0 Å². The Hall–Kier alpha value is -1.28. The first kappa shape index (κ1) is 13.2. The van der Waals surface area contributed by atoms with Crippen molar-refractivity contribution < 1.29 is 4.74 Å². The first-order valence-corrected chi connectivity index (χ1v) is 6.97. The van der Waals surface area contributed by atoms with E-state index in [0.717, 1.165) is 39.1 Å². The molecular weight excluding hydrogens is 222 g/mol. The van der Waals surface area contributed by atoms with Crippen molar-refractivity contribution in [2.24, 2.45) is 0 Å². The number of benzene rings is 1. The lowest BCUT2D eigenvalue weighted by Gasteiger charge is -2.33. The van der Waals surface area contributed by atoms with Gasteiger partial charge in [0.25, 0.3) is 0 Å². The quantitative estimate of drug-likeness (QED) is 0.804. The van der Waals surface area contributed by atoms with Gasteiger partial charge in [0.1, 0.15) is 0 Å². The minimum atomic E-state index is 0.844. The molecule has 1 saturated heterocycles. The summed E-state index contributed by atoms with van der Waals surface area (Å²) in [6, 6.07) is 10.8. The van der Waals surface area contributed by atoms with Gasteiger partial charge in [0, 0.05) is 18.8 Å². The molecule has 0 aromatic heterocycles. The van der Waals surface area contributed by atoms with Crippen molar-refractivity contribution in [1.29, 1.82) is 0 Å². The first-order chi connectivity index (χ1) is 8.86. The number of rotatable bonds is 4. The van der Waals surface area contributed by atoms with E-state index in [1.807, 2.05) is 0 Å². The van der Waals surface area contributed by atoms with Crippen LogP contribution >= 0.6 is 0 Å². The fourth-order valence-corrected chi connectivity index (χ4v) is 2.58. The molecule has 0 spiro atoms. The van der Waals surface area contributed by atoms with Gasteiger partial charge in [-0.2, -0.15) is 0 Å². The molecule has 2 nitrogen and oxygen atoms in total. The predicted octanol–water partition coefficient (Wildman–Crippen LogP) is 3.55. The van der Waals surface area contributed by atoms with E-state index in [1.165, 1.54) is 11.3 Å². The molecule has 1 aliphatic heterocycles. The summed E-state index contributed by atoms with van der Waals surface area (Å²) in [6.45, 7) is 8.21. The Kier molecular flexibility index (Phi) is 4.82. The summed E-state index contributed by atoms with van der Waals surface area (Å²) in [6.07, 6.45) is 2.25. The van der Waals surface area contributed by atoms with E-state index in [9.17, 15) is 0 Å². The number of hydrogen-bond acceptors (Lipinski definition) is 2. The molecule has 2 rings (SSSR count). The van der Waals surface area contributed by atoms with Gasteiger partial charge < -0.3 is 9.64 Å². The molecule has 0 atom stereocenters. The van der Waals surface area contributed by atoms with E-state index < -0.39 is 0 Å². The summed E-state index contributed by atoms with van der Waals surface area (Å²) in [5.74, 6) is 0. The zero-order chi connectivity index (χ0) is 12.8. The van der Waals surface area contributed by atoms with Crippen molar-refractivity contribution in [2.45, 2.75) is 26.7 Å². The van der Waals surface area contributed by atoms with Crippen LogP contribution in [0.1, 0.15) is 32.3 Å². The van der Waals surface area contributed by atoms with Gasteiger partial charge in [-0.1, -0.05) is 44.2 Å². The zero-order valence-electron chi connectivity index (χ0n) is 11.5. The topological polar surface area (TPSA) is 12.5 Å². The van der Waals surface area contributed by atoms with Crippen LogP contribution in [-0.2, 0) is 4.74 Å². The highest BCUT2D eigenvalue weighted by Crippen LogP contribution is 2.27. The zero-order valence-corrected chi connectivity index (χ0v) is 11.5. The molecule has 0 radical (unpaired) electrons. The fourth-order valence-electron chi connectivity index (χ4n) is 2.58. The van der Waals surface area contributed by atoms with Crippen molar-refractivity contribution >= 4 is 5.70 Å². The lowest BCUT2D eigenvalue weighted by molar-refractivity contribution is 0.0636. The lowest BCUT2D eigenvalue weighted by atomic mass is 10.0. The van der Waals surface area contributed by atoms with E-state index in [2.05, 4.69) is 49.1 Å². The molecule has 0 saturated carbocycles. The fraction of sp³-hybridized carbons (Fsp3) is 0.500. The smallest absolute Gasteiger partial charge is 0.0642 e. The summed E-state index contributed by atoms with van der Waals surface area (Å²) in [4.78, 5) is 2.49. The number of ether oxygens (including phenoxy) is 1. The number of nitrogens with zero attached hydrogens (tertiary/aromatic N) is 1. The maximum Gasteiger partial charge on any atom is 0.0642 e. The van der Waals surface area contributed by atoms with Crippen LogP contribution in [0.4, 0.5) is 0 Å². The first-order valence-electron chi connectivity index (χ1n) is 6.97. The SMILES string of the molecule is CCC(CC)=C(c1ccccc1)N1CCOCC1. The molecule has 1 aliphatic rings. The predicted molar refractivity (Wildman–Crippen MR) is 76.3 cm³/mol. The van der Waals surface area contributed by atoms with Gasteiger partial charge in [-0.3, -0.25) is 0 Å². The summed E-state index contributed by atoms with van der Waals surface area (Å²) in [5, 5.41) is 0. The summed E-state index contributed by atoms with van der Waals surface area (Å²) < 4.78 is 5.47. The molecule has 2 heteroatoms. The Morgan fingerprint density at radius 1 is 1.06 bits per heavy atom. The summed E-state index contributed by atoms with van der Waals surface area (Å²) >= 11 is 0. The normalized spacial score (nSPS) is 15.6. The minimum absolute atomic E-state index is 0.844. The highest BCUT2D eigenvalue weighted by atomic mass is 16.5. The number of morpholine rings is 1. The van der Waals surface area contributed by atoms with Crippen LogP contribution in [0.3, 0.4) is 0 Å². The maximum atomic E-state index is 5.47. The largest absolute Gasteiger partial charge is 0.378 e. The Morgan fingerprint density at radius 2 is 1.67 bits per heavy atom. The molecule has 1 fully saturated rings. The van der Waals surface area contributed by atoms with Gasteiger partial charge in [0.2, 0.25) is 0 Å². The molecular formula is C16H23NO. The van der Waals surface area contributed by atoms with Gasteiger partial charge in [0.15, 0.2) is 0 Å². The third kappa shape index (κ3) is 2.94. The molecule has 18 heavy (non-hydrogen) atoms. The molecule has 0 bridgehead atoms. The second-order valence-electron chi connectivity index (χ2n) is 4.62. The standard InChI is InChI=1S/C16H23NO/c1-3-14(4-2)16(15-8-6-5-7-9-15)17-10-12-18-13-11-17/h5-9H,3-4,10-13H2,1-2H3. The Bertz CT molecular complexity index is 385. The molecule has 0 amide bonds. The molecule has 98 valence electrons. The van der Waals surface area contributed by atoms with Gasteiger partial charge in [-0.25, -0.2) is 0 Å². The summed E-state index contributed by atoms with van der Waals surface area (Å²) in [5.41, 5.74) is 4.32. The van der Waals surface area contributed by atoms with Crippen LogP contribution in [0.2, 0.25) is 0 Å². The summed E-state index contributed by atoms with van der Waals surface area (Å²) in [7, 11) is 0. The molecule has 1 aromatic rings. The third-order valence-corrected chi connectivity index (χ3v) is 3.56. The molecule has 1 aromatic carbocycles. The van der Waals surface area contributed by atoms with Crippen molar-refractivity contribution in [1.82, 2.24) is 4.90 Å². The van der Waals surface area contributed by atoms with E-state index >= 15 is 0 Å². The highest BCUT2D eigenvalue weighted by Gasteiger charge is 2.17. The van der Waals surface area contributed by atoms with Crippen LogP contribution in [0.15, 0.2) is 35.9 Å². The van der Waals surface area contributed by atoms with Crippen LogP contribution in [0.5, 0.6) is 0 Å². The van der Waals surface area contributed by atoms with Gasteiger partial charge >= 0.3 is 0 Å². The molecule has 0 unspecified atom stereocenters. The molecule has 0 aliphatic carbocycles. The second kappa shape index (κ2) is 6.60. The van der Waals surface area contributed by atoms with Crippen molar-refractivity contribution in [3.63, 3.8) is 0 Å². The van der Waals surface area contributed by atoms with E-state index in [0.29, 0.717) is 0 Å². The van der Waals surface area contributed by atoms with Crippen LogP contribution in [-0.4, -0.2) is 31.2 Å². The van der Waals surface area contributed by atoms with Crippen molar-refractivity contribution in [3.05, 3.63) is 41.5 Å². The number of hydrogen-bond donors (Lipinski definition) is 0. The van der Waals surface area contributed by atoms with Crippen LogP contribution in [0.25, 0.3) is 5.70 Å². The van der Waals surface area contributed by atoms with E-state index in [1.54, 1.807) is 5.57 Å². The lowest BCUT2D eigenvalue weighted by Crippen LogP contribution is -2.35. The van der Waals surface area contributed by atoms with Crippen molar-refractivity contribution in [2.75, 3.05) is 26.3 Å². The Morgan fingerprint density at radius 3 is 2.22 bits per heavy atom. The molecule has 0 N–H and O–H groups in total. The van der Waals surface area contributed by atoms with Crippen LogP contribution in [0, 0.1) is 0 Å². The van der Waals surface area contributed by atoms with Crippen molar-refractivity contribution in [3.8, 4) is 0 Å². The van der Waals surface area contributed by atoms with Gasteiger partial charge in [-0.05, 0) is 24.0 Å². The van der Waals surface area contributed by atoms with E-state index in [-0.39, 0.29) is 0 Å². The van der Waals surface area contributed by atoms with Crippen LogP contribution < -0.4 is 0 Å². The highest BCUT2D eigenvalue weighted by molar-refractivity contribution is 5.67. The Labute approximate surface area is 110 Å². The third-order valence-electron chi connectivity index (χ3n) is 3.56. The van der Waals surface area contributed by atoms with Gasteiger partial charge in [0.05, 0.1) is 13.2 Å². The average molecular weight is 245 g/mol. The Balaban J connectivity index is 2.37. The maximum absolute atomic E-state index is 5.47. The molecule has 1 heterocycles. The average Bonchev–Trinajstić information content (AvgIpc) is 2.46. The second-order valence-corrected chi connectivity index (χ2v) is 4.62. The number of allylic oxidation sites excluding steroid dienone is 1. The minimum Gasteiger partial charge on any atom is -0.378 e. The monoisotopic (exact) mass is 245 g/mol. The van der Waals surface area contributed by atoms with E-state index in [4.69, 9.17) is 4.74 Å².